The van der Waals surface area contributed by atoms with Gasteiger partial charge in [0.1, 0.15) is 5.39 Å². The zero-order chi connectivity index (χ0) is 18.7. The van der Waals surface area contributed by atoms with Gasteiger partial charge in [-0.3, -0.25) is 9.59 Å². The van der Waals surface area contributed by atoms with Crippen LogP contribution in [-0.4, -0.2) is 37.5 Å². The highest BCUT2D eigenvalue weighted by molar-refractivity contribution is 8.00. The molecule has 134 valence electrons. The summed E-state index contributed by atoms with van der Waals surface area (Å²) in [6.45, 7) is 5.68. The minimum atomic E-state index is -0.432. The van der Waals surface area contributed by atoms with Crippen LogP contribution >= 0.6 is 23.4 Å². The zero-order valence-corrected chi connectivity index (χ0v) is 15.5. The molecule has 0 spiro atoms. The molecule has 2 aromatic heterocycles. The molecule has 1 amide bonds. The Kier molecular flexibility index (Phi) is 5.43. The zero-order valence-electron chi connectivity index (χ0n) is 13.9. The molecule has 2 N–H and O–H groups in total. The molecule has 0 aliphatic heterocycles. The second kappa shape index (κ2) is 7.76. The van der Waals surface area contributed by atoms with Crippen LogP contribution in [0.15, 0.2) is 53.1 Å². The van der Waals surface area contributed by atoms with E-state index in [0.717, 1.165) is 11.8 Å². The van der Waals surface area contributed by atoms with Gasteiger partial charge in [-0.15, -0.1) is 6.58 Å². The summed E-state index contributed by atoms with van der Waals surface area (Å²) in [5.74, 6) is -0.166. The number of fused-ring (bicyclic) bond motifs is 1. The van der Waals surface area contributed by atoms with Gasteiger partial charge in [0.05, 0.1) is 17.1 Å². The third-order valence-electron chi connectivity index (χ3n) is 3.55. The van der Waals surface area contributed by atoms with Gasteiger partial charge in [0.15, 0.2) is 10.8 Å². The highest BCUT2D eigenvalue weighted by Gasteiger charge is 2.17. The lowest BCUT2D eigenvalue weighted by atomic mass is 10.3. The molecule has 1 atom stereocenters. The molecule has 3 aromatic rings. The van der Waals surface area contributed by atoms with Gasteiger partial charge < -0.3 is 10.3 Å². The number of hydrogen-bond acceptors (Lipinski definition) is 5. The topological polar surface area (TPSA) is 92.7 Å². The molecular formula is C17H16ClN5O2S. The van der Waals surface area contributed by atoms with Crippen molar-refractivity contribution in [3.63, 3.8) is 0 Å². The van der Waals surface area contributed by atoms with Crippen LogP contribution in [0, 0.1) is 0 Å². The maximum absolute atomic E-state index is 12.3. The van der Waals surface area contributed by atoms with Crippen molar-refractivity contribution in [1.29, 1.82) is 0 Å². The maximum atomic E-state index is 12.3. The summed E-state index contributed by atoms with van der Waals surface area (Å²) in [6.07, 6.45) is 3.06. The molecule has 1 aromatic carbocycles. The number of rotatable bonds is 6. The van der Waals surface area contributed by atoms with Crippen molar-refractivity contribution < 1.29 is 4.79 Å². The lowest BCUT2D eigenvalue weighted by Gasteiger charge is -2.10. The van der Waals surface area contributed by atoms with Crippen LogP contribution in [0.1, 0.15) is 6.92 Å². The van der Waals surface area contributed by atoms with Crippen LogP contribution in [0.4, 0.5) is 0 Å². The van der Waals surface area contributed by atoms with Crippen molar-refractivity contribution in [3.05, 3.63) is 58.5 Å². The fourth-order valence-corrected chi connectivity index (χ4v) is 3.29. The smallest absolute Gasteiger partial charge is 0.262 e. The largest absolute Gasteiger partial charge is 0.352 e. The Balaban J connectivity index is 1.96. The van der Waals surface area contributed by atoms with E-state index in [2.05, 4.69) is 27.0 Å². The van der Waals surface area contributed by atoms with Crippen LogP contribution in [-0.2, 0) is 4.79 Å². The first-order valence-electron chi connectivity index (χ1n) is 7.79. The second-order valence-corrected chi connectivity index (χ2v) is 7.20. The van der Waals surface area contributed by atoms with Crippen LogP contribution < -0.4 is 10.9 Å². The molecule has 0 aliphatic carbocycles. The highest BCUT2D eigenvalue weighted by Crippen LogP contribution is 2.22. The van der Waals surface area contributed by atoms with Crippen LogP contribution in [0.2, 0.25) is 5.02 Å². The predicted molar refractivity (Wildman–Crippen MR) is 103 cm³/mol. The SMILES string of the molecule is C=CCNC(=O)[C@H](C)Sc1nc2c(cnn2-c2cccc(Cl)c2)c(=O)[nH]1. The summed E-state index contributed by atoms with van der Waals surface area (Å²) in [5, 5.41) is 7.77. The molecule has 0 saturated heterocycles. The summed E-state index contributed by atoms with van der Waals surface area (Å²) in [5.41, 5.74) is 0.778. The number of benzene rings is 1. The Morgan fingerprint density at radius 1 is 1.54 bits per heavy atom. The number of nitrogens with zero attached hydrogens (tertiary/aromatic N) is 3. The third kappa shape index (κ3) is 3.81. The van der Waals surface area contributed by atoms with Crippen LogP contribution in [0.3, 0.4) is 0 Å². The minimum Gasteiger partial charge on any atom is -0.352 e. The number of aromatic amines is 1. The van der Waals surface area contributed by atoms with Crippen LogP contribution in [0.5, 0.6) is 0 Å². The van der Waals surface area contributed by atoms with E-state index in [4.69, 9.17) is 11.6 Å². The average molecular weight is 390 g/mol. The number of halogens is 1. The van der Waals surface area contributed by atoms with Crippen molar-refractivity contribution in [1.82, 2.24) is 25.1 Å². The summed E-state index contributed by atoms with van der Waals surface area (Å²) < 4.78 is 1.54. The Morgan fingerprint density at radius 2 is 2.35 bits per heavy atom. The second-order valence-electron chi connectivity index (χ2n) is 5.44. The van der Waals surface area contributed by atoms with Crippen LogP contribution in [0.25, 0.3) is 16.7 Å². The molecule has 0 aliphatic rings. The van der Waals surface area contributed by atoms with Gasteiger partial charge >= 0.3 is 0 Å². The van der Waals surface area contributed by atoms with Gasteiger partial charge in [-0.05, 0) is 25.1 Å². The Bertz CT molecular complexity index is 1030. The molecule has 3 rings (SSSR count). The molecule has 7 nitrogen and oxygen atoms in total. The number of aromatic nitrogens is 4. The van der Waals surface area contributed by atoms with Gasteiger partial charge in [-0.1, -0.05) is 35.5 Å². The normalized spacial score (nSPS) is 12.1. The first-order valence-corrected chi connectivity index (χ1v) is 9.04. The number of H-pyrrole nitrogens is 1. The number of carbonyl (C=O) groups is 1. The first kappa shape index (κ1) is 18.2. The molecule has 26 heavy (non-hydrogen) atoms. The monoisotopic (exact) mass is 389 g/mol. The van der Waals surface area contributed by atoms with Gasteiger partial charge in [0, 0.05) is 11.6 Å². The Labute approximate surface area is 158 Å². The number of thioether (sulfide) groups is 1. The standard InChI is InChI=1S/C17H16ClN5O2S/c1-3-7-19-15(24)10(2)26-17-21-14-13(16(25)22-17)9-20-23(14)12-6-4-5-11(18)8-12/h3-6,8-10H,1,7H2,2H3,(H,19,24)(H,21,22,25)/t10-/m0/s1. The Morgan fingerprint density at radius 3 is 3.08 bits per heavy atom. The fraction of sp³-hybridized carbons (Fsp3) is 0.176. The number of hydrogen-bond donors (Lipinski definition) is 2. The summed E-state index contributed by atoms with van der Waals surface area (Å²) in [7, 11) is 0. The first-order chi connectivity index (χ1) is 12.5. The molecule has 0 fully saturated rings. The van der Waals surface area contributed by atoms with Crippen molar-refractivity contribution in [3.8, 4) is 5.69 Å². The van der Waals surface area contributed by atoms with E-state index >= 15 is 0 Å². The lowest BCUT2D eigenvalue weighted by molar-refractivity contribution is -0.120. The van der Waals surface area contributed by atoms with Gasteiger partial charge in [-0.25, -0.2) is 9.67 Å². The molecule has 0 radical (unpaired) electrons. The average Bonchev–Trinajstić information content (AvgIpc) is 3.04. The minimum absolute atomic E-state index is 0.166. The van der Waals surface area contributed by atoms with E-state index in [0.29, 0.717) is 33.4 Å². The number of amides is 1. The van der Waals surface area contributed by atoms with E-state index < -0.39 is 5.25 Å². The van der Waals surface area contributed by atoms with Crippen molar-refractivity contribution >= 4 is 40.3 Å². The summed E-state index contributed by atoms with van der Waals surface area (Å²) in [6, 6.07) is 7.09. The fourth-order valence-electron chi connectivity index (χ4n) is 2.29. The summed E-state index contributed by atoms with van der Waals surface area (Å²) in [4.78, 5) is 31.5. The lowest BCUT2D eigenvalue weighted by Crippen LogP contribution is -2.31. The Hall–Kier alpha value is -2.58. The number of nitrogens with one attached hydrogen (secondary N) is 2. The molecule has 2 heterocycles. The van der Waals surface area contributed by atoms with Crippen molar-refractivity contribution in [2.75, 3.05) is 6.54 Å². The predicted octanol–water partition coefficient (Wildman–Crippen LogP) is 2.54. The van der Waals surface area contributed by atoms with Gasteiger partial charge in [-0.2, -0.15) is 5.10 Å². The molecule has 0 bridgehead atoms. The quantitative estimate of drug-likeness (QED) is 0.384. The molecule has 0 unspecified atom stereocenters. The van der Waals surface area contributed by atoms with Crippen molar-refractivity contribution in [2.45, 2.75) is 17.3 Å². The number of carbonyl (C=O) groups excluding carboxylic acids is 1. The third-order valence-corrected chi connectivity index (χ3v) is 4.77. The van der Waals surface area contributed by atoms with E-state index in [1.165, 1.54) is 6.20 Å². The molecular weight excluding hydrogens is 374 g/mol. The van der Waals surface area contributed by atoms with E-state index in [-0.39, 0.29) is 11.5 Å². The van der Waals surface area contributed by atoms with E-state index in [1.54, 1.807) is 35.9 Å². The molecule has 9 heteroatoms. The summed E-state index contributed by atoms with van der Waals surface area (Å²) >= 11 is 7.20. The molecule has 0 saturated carbocycles. The maximum Gasteiger partial charge on any atom is 0.262 e. The van der Waals surface area contributed by atoms with Crippen molar-refractivity contribution in [2.24, 2.45) is 0 Å². The van der Waals surface area contributed by atoms with Gasteiger partial charge in [0.2, 0.25) is 5.91 Å². The highest BCUT2D eigenvalue weighted by atomic mass is 35.5. The van der Waals surface area contributed by atoms with E-state index in [1.807, 2.05) is 6.07 Å². The van der Waals surface area contributed by atoms with Gasteiger partial charge in [0.25, 0.3) is 5.56 Å². The van der Waals surface area contributed by atoms with E-state index in [9.17, 15) is 9.59 Å².